The number of thiophene rings is 1. The molecule has 0 unspecified atom stereocenters. The molecule has 0 saturated heterocycles. The molecule has 0 bridgehead atoms. The summed E-state index contributed by atoms with van der Waals surface area (Å²) < 4.78 is 6.57. The largest absolute Gasteiger partial charge is 0.508 e. The maximum Gasteiger partial charge on any atom is 0.118 e. The first-order valence-corrected chi connectivity index (χ1v) is 8.99. The third-order valence-electron chi connectivity index (χ3n) is 4.37. The van der Waals surface area contributed by atoms with E-state index in [1.165, 1.54) is 31.7 Å². The molecule has 3 aromatic carbocycles. The van der Waals surface area contributed by atoms with Crippen LogP contribution in [-0.4, -0.2) is 12.2 Å². The molecule has 0 aliphatic heterocycles. The van der Waals surface area contributed by atoms with Crippen LogP contribution in [-0.2, 0) is 6.42 Å². The number of ether oxygens (including phenoxy) is 1. The van der Waals surface area contributed by atoms with E-state index in [2.05, 4.69) is 36.4 Å². The molecule has 0 aliphatic rings. The lowest BCUT2D eigenvalue weighted by molar-refractivity contribution is 0.415. The molecule has 4 rings (SSSR count). The number of hydrogen-bond acceptors (Lipinski definition) is 3. The number of aromatic hydroxyl groups is 1. The van der Waals surface area contributed by atoms with Crippen molar-refractivity contribution < 1.29 is 9.84 Å². The SMILES string of the molecule is COc1ccc(-c2sc3ccccc3c2Cc2ccc(O)cc2)cc1. The highest BCUT2D eigenvalue weighted by Crippen LogP contribution is 2.40. The minimum Gasteiger partial charge on any atom is -0.508 e. The summed E-state index contributed by atoms with van der Waals surface area (Å²) in [5.41, 5.74) is 3.73. The minimum absolute atomic E-state index is 0.300. The Hall–Kier alpha value is -2.78. The summed E-state index contributed by atoms with van der Waals surface area (Å²) in [5.74, 6) is 1.17. The maximum atomic E-state index is 9.53. The predicted molar refractivity (Wildman–Crippen MR) is 105 cm³/mol. The lowest BCUT2D eigenvalue weighted by Crippen LogP contribution is -1.89. The Labute approximate surface area is 151 Å². The molecule has 4 aromatic rings. The molecule has 0 spiro atoms. The fraction of sp³-hybridized carbons (Fsp3) is 0.0909. The predicted octanol–water partition coefficient (Wildman–Crippen LogP) is 5.87. The van der Waals surface area contributed by atoms with Gasteiger partial charge in [-0.15, -0.1) is 11.3 Å². The molecule has 1 heterocycles. The number of phenolic OH excluding ortho intramolecular Hbond substituents is 1. The van der Waals surface area contributed by atoms with E-state index in [-0.39, 0.29) is 0 Å². The number of benzene rings is 3. The molecule has 1 N–H and O–H groups in total. The van der Waals surface area contributed by atoms with Crippen LogP contribution >= 0.6 is 11.3 Å². The molecule has 0 saturated carbocycles. The molecular formula is C22H18O2S. The lowest BCUT2D eigenvalue weighted by Gasteiger charge is -2.07. The smallest absolute Gasteiger partial charge is 0.118 e. The van der Waals surface area contributed by atoms with E-state index in [1.54, 1.807) is 19.2 Å². The van der Waals surface area contributed by atoms with Crippen LogP contribution in [0.25, 0.3) is 20.5 Å². The van der Waals surface area contributed by atoms with Gasteiger partial charge in [0, 0.05) is 9.58 Å². The minimum atomic E-state index is 0.300. The summed E-state index contributed by atoms with van der Waals surface area (Å²) in [7, 11) is 1.69. The molecule has 0 aliphatic carbocycles. The average molecular weight is 346 g/mol. The van der Waals surface area contributed by atoms with Crippen molar-refractivity contribution in [1.82, 2.24) is 0 Å². The van der Waals surface area contributed by atoms with Crippen LogP contribution in [0.15, 0.2) is 72.8 Å². The molecular weight excluding hydrogens is 328 g/mol. The lowest BCUT2D eigenvalue weighted by atomic mass is 9.99. The van der Waals surface area contributed by atoms with Crippen molar-refractivity contribution in [3.8, 4) is 21.9 Å². The maximum absolute atomic E-state index is 9.53. The third-order valence-corrected chi connectivity index (χ3v) is 5.63. The van der Waals surface area contributed by atoms with Gasteiger partial charge < -0.3 is 9.84 Å². The molecule has 124 valence electrons. The molecule has 1 aromatic heterocycles. The van der Waals surface area contributed by atoms with Gasteiger partial charge in [0.25, 0.3) is 0 Å². The monoisotopic (exact) mass is 346 g/mol. The van der Waals surface area contributed by atoms with Gasteiger partial charge in [-0.1, -0.05) is 30.3 Å². The van der Waals surface area contributed by atoms with Crippen LogP contribution in [0.5, 0.6) is 11.5 Å². The van der Waals surface area contributed by atoms with E-state index in [0.717, 1.165) is 12.2 Å². The van der Waals surface area contributed by atoms with Crippen molar-refractivity contribution >= 4 is 21.4 Å². The Bertz CT molecular complexity index is 999. The molecule has 0 amide bonds. The summed E-state index contributed by atoms with van der Waals surface area (Å²) in [6.45, 7) is 0. The van der Waals surface area contributed by atoms with Crippen molar-refractivity contribution in [2.75, 3.05) is 7.11 Å². The van der Waals surface area contributed by atoms with Crippen LogP contribution in [0.2, 0.25) is 0 Å². The number of phenols is 1. The normalized spacial score (nSPS) is 10.9. The van der Waals surface area contributed by atoms with Crippen molar-refractivity contribution in [3.63, 3.8) is 0 Å². The van der Waals surface area contributed by atoms with Crippen molar-refractivity contribution in [1.29, 1.82) is 0 Å². The molecule has 2 nitrogen and oxygen atoms in total. The zero-order valence-electron chi connectivity index (χ0n) is 13.9. The fourth-order valence-electron chi connectivity index (χ4n) is 3.07. The van der Waals surface area contributed by atoms with E-state index in [0.29, 0.717) is 5.75 Å². The molecule has 25 heavy (non-hydrogen) atoms. The number of rotatable bonds is 4. The van der Waals surface area contributed by atoms with Crippen molar-refractivity contribution in [3.05, 3.63) is 83.9 Å². The molecule has 0 atom stereocenters. The van der Waals surface area contributed by atoms with Gasteiger partial charge in [-0.05, 0) is 71.0 Å². The highest BCUT2D eigenvalue weighted by Gasteiger charge is 2.14. The summed E-state index contributed by atoms with van der Waals surface area (Å²) in [6.07, 6.45) is 0.839. The Morgan fingerprint density at radius 1 is 0.880 bits per heavy atom. The first kappa shape index (κ1) is 15.7. The summed E-state index contributed by atoms with van der Waals surface area (Å²) in [6, 6.07) is 24.2. The second kappa shape index (κ2) is 6.61. The fourth-order valence-corrected chi connectivity index (χ4v) is 4.29. The van der Waals surface area contributed by atoms with Gasteiger partial charge in [-0.3, -0.25) is 0 Å². The zero-order chi connectivity index (χ0) is 17.2. The van der Waals surface area contributed by atoms with Gasteiger partial charge in [-0.25, -0.2) is 0 Å². The first-order chi connectivity index (χ1) is 12.2. The molecule has 0 fully saturated rings. The van der Waals surface area contributed by atoms with E-state index in [9.17, 15) is 5.11 Å². The van der Waals surface area contributed by atoms with E-state index in [4.69, 9.17) is 4.74 Å². The Balaban J connectivity index is 1.83. The highest BCUT2D eigenvalue weighted by atomic mass is 32.1. The summed E-state index contributed by atoms with van der Waals surface area (Å²) >= 11 is 1.82. The van der Waals surface area contributed by atoms with Crippen LogP contribution < -0.4 is 4.74 Å². The second-order valence-electron chi connectivity index (χ2n) is 5.98. The quantitative estimate of drug-likeness (QED) is 0.500. The highest BCUT2D eigenvalue weighted by molar-refractivity contribution is 7.22. The van der Waals surface area contributed by atoms with Gasteiger partial charge >= 0.3 is 0 Å². The van der Waals surface area contributed by atoms with Crippen LogP contribution in [0.1, 0.15) is 11.1 Å². The Kier molecular flexibility index (Phi) is 4.16. The molecule has 3 heteroatoms. The number of hydrogen-bond donors (Lipinski definition) is 1. The van der Waals surface area contributed by atoms with Crippen molar-refractivity contribution in [2.24, 2.45) is 0 Å². The topological polar surface area (TPSA) is 29.5 Å². The second-order valence-corrected chi connectivity index (χ2v) is 7.03. The first-order valence-electron chi connectivity index (χ1n) is 8.17. The third kappa shape index (κ3) is 3.11. The summed E-state index contributed by atoms with van der Waals surface area (Å²) in [4.78, 5) is 1.29. The Morgan fingerprint density at radius 2 is 1.60 bits per heavy atom. The summed E-state index contributed by atoms with van der Waals surface area (Å²) in [5, 5.41) is 10.8. The average Bonchev–Trinajstić information content (AvgIpc) is 3.02. The van der Waals surface area contributed by atoms with Crippen LogP contribution in [0, 0.1) is 0 Å². The van der Waals surface area contributed by atoms with E-state index < -0.39 is 0 Å². The van der Waals surface area contributed by atoms with Gasteiger partial charge in [0.05, 0.1) is 7.11 Å². The zero-order valence-corrected chi connectivity index (χ0v) is 14.7. The van der Waals surface area contributed by atoms with Gasteiger partial charge in [0.1, 0.15) is 11.5 Å². The van der Waals surface area contributed by atoms with Crippen LogP contribution in [0.3, 0.4) is 0 Å². The molecule has 0 radical (unpaired) electrons. The van der Waals surface area contributed by atoms with Gasteiger partial charge in [-0.2, -0.15) is 0 Å². The Morgan fingerprint density at radius 3 is 2.32 bits per heavy atom. The van der Waals surface area contributed by atoms with E-state index in [1.807, 2.05) is 35.6 Å². The van der Waals surface area contributed by atoms with E-state index >= 15 is 0 Å². The van der Waals surface area contributed by atoms with Gasteiger partial charge in [0.15, 0.2) is 0 Å². The standard InChI is InChI=1S/C22H18O2S/c1-24-18-12-8-16(9-13-18)22-20(14-15-6-10-17(23)11-7-15)19-4-2-3-5-21(19)25-22/h2-13,23H,14H2,1H3. The van der Waals surface area contributed by atoms with Crippen LogP contribution in [0.4, 0.5) is 0 Å². The number of fused-ring (bicyclic) bond motifs is 1. The number of methoxy groups -OCH3 is 1. The van der Waals surface area contributed by atoms with Gasteiger partial charge in [0.2, 0.25) is 0 Å². The van der Waals surface area contributed by atoms with Crippen molar-refractivity contribution in [2.45, 2.75) is 6.42 Å².